The van der Waals surface area contributed by atoms with E-state index in [4.69, 9.17) is 5.11 Å². The third-order valence-electron chi connectivity index (χ3n) is 3.33. The van der Waals surface area contributed by atoms with E-state index in [-0.39, 0.29) is 11.4 Å². The van der Waals surface area contributed by atoms with Gasteiger partial charge >= 0.3 is 12.0 Å². The molecule has 1 fully saturated rings. The molecule has 0 saturated heterocycles. The van der Waals surface area contributed by atoms with Crippen LogP contribution in [0.1, 0.15) is 29.0 Å². The van der Waals surface area contributed by atoms with Gasteiger partial charge in [-0.25, -0.2) is 9.59 Å². The number of carbonyl (C=O) groups is 2. The lowest BCUT2D eigenvalue weighted by Gasteiger charge is -2.15. The molecule has 0 bridgehead atoms. The maximum atomic E-state index is 11.7. The van der Waals surface area contributed by atoms with Crippen LogP contribution >= 0.6 is 0 Å². The van der Waals surface area contributed by atoms with E-state index in [0.717, 1.165) is 6.54 Å². The molecule has 0 aliphatic heterocycles. The molecule has 1 aliphatic rings. The van der Waals surface area contributed by atoms with Gasteiger partial charge in [0.2, 0.25) is 0 Å². The van der Waals surface area contributed by atoms with Crippen molar-refractivity contribution in [2.24, 2.45) is 0 Å². The third kappa shape index (κ3) is 3.74. The lowest BCUT2D eigenvalue weighted by atomic mass is 10.3. The monoisotopic (exact) mass is 280 g/mol. The van der Waals surface area contributed by atoms with Crippen LogP contribution in [-0.4, -0.2) is 53.2 Å². The number of aryl methyl sites for hydroxylation is 1. The molecule has 2 amide bonds. The van der Waals surface area contributed by atoms with Crippen LogP contribution < -0.4 is 10.6 Å². The number of urea groups is 1. The quantitative estimate of drug-likeness (QED) is 0.630. The van der Waals surface area contributed by atoms with Gasteiger partial charge in [-0.15, -0.1) is 0 Å². The Bertz CT molecular complexity index is 508. The molecule has 1 aromatic heterocycles. The Morgan fingerprint density at radius 2 is 2.20 bits per heavy atom. The Kier molecular flexibility index (Phi) is 4.29. The summed E-state index contributed by atoms with van der Waals surface area (Å²) in [4.78, 5) is 27.6. The third-order valence-corrected chi connectivity index (χ3v) is 3.33. The largest absolute Gasteiger partial charge is 0.477 e. The molecular weight excluding hydrogens is 260 g/mol. The van der Waals surface area contributed by atoms with Gasteiger partial charge < -0.3 is 25.6 Å². The summed E-state index contributed by atoms with van der Waals surface area (Å²) in [5.41, 5.74) is 0.960. The first-order valence-corrected chi connectivity index (χ1v) is 6.65. The highest BCUT2D eigenvalue weighted by atomic mass is 16.4. The number of aromatic amines is 1. The van der Waals surface area contributed by atoms with Crippen LogP contribution in [0.4, 0.5) is 10.5 Å². The normalized spacial score (nSPS) is 14.3. The van der Waals surface area contributed by atoms with Crippen molar-refractivity contribution in [2.45, 2.75) is 25.8 Å². The molecule has 1 aromatic rings. The predicted molar refractivity (Wildman–Crippen MR) is 75.2 cm³/mol. The number of rotatable bonds is 6. The summed E-state index contributed by atoms with van der Waals surface area (Å²) in [7, 11) is 2.04. The van der Waals surface area contributed by atoms with Crippen molar-refractivity contribution < 1.29 is 14.7 Å². The maximum Gasteiger partial charge on any atom is 0.354 e. The zero-order chi connectivity index (χ0) is 14.7. The molecule has 1 aliphatic carbocycles. The van der Waals surface area contributed by atoms with Crippen LogP contribution in [0.2, 0.25) is 0 Å². The summed E-state index contributed by atoms with van der Waals surface area (Å²) < 4.78 is 0. The number of carboxylic acids is 1. The maximum absolute atomic E-state index is 11.7. The molecule has 7 nitrogen and oxygen atoms in total. The number of anilines is 1. The Balaban J connectivity index is 1.80. The number of hydrogen-bond donors (Lipinski definition) is 4. The highest BCUT2D eigenvalue weighted by molar-refractivity contribution is 5.99. The molecule has 20 heavy (non-hydrogen) atoms. The van der Waals surface area contributed by atoms with Crippen molar-refractivity contribution in [3.8, 4) is 0 Å². The summed E-state index contributed by atoms with van der Waals surface area (Å²) in [6.07, 6.45) is 2.46. The summed E-state index contributed by atoms with van der Waals surface area (Å²) >= 11 is 0. The van der Waals surface area contributed by atoms with E-state index in [1.165, 1.54) is 12.8 Å². The smallest absolute Gasteiger partial charge is 0.354 e. The number of carbonyl (C=O) groups excluding carboxylic acids is 1. The summed E-state index contributed by atoms with van der Waals surface area (Å²) in [5.74, 6) is -1.10. The number of aromatic nitrogens is 1. The molecular formula is C13H20N4O3. The van der Waals surface area contributed by atoms with E-state index in [1.54, 1.807) is 13.0 Å². The number of hydrogen-bond acceptors (Lipinski definition) is 3. The van der Waals surface area contributed by atoms with Gasteiger partial charge in [0.05, 0.1) is 5.69 Å². The van der Waals surface area contributed by atoms with Crippen LogP contribution in [0.15, 0.2) is 6.07 Å². The fraction of sp³-hybridized carbons (Fsp3) is 0.538. The molecule has 7 heteroatoms. The average Bonchev–Trinajstić information content (AvgIpc) is 3.14. The van der Waals surface area contributed by atoms with Gasteiger partial charge in [-0.05, 0) is 32.9 Å². The van der Waals surface area contributed by atoms with E-state index >= 15 is 0 Å². The first kappa shape index (κ1) is 14.4. The van der Waals surface area contributed by atoms with Gasteiger partial charge in [0.15, 0.2) is 0 Å². The molecule has 0 spiro atoms. The van der Waals surface area contributed by atoms with Crippen molar-refractivity contribution in [3.63, 3.8) is 0 Å². The van der Waals surface area contributed by atoms with Gasteiger partial charge in [-0.1, -0.05) is 0 Å². The van der Waals surface area contributed by atoms with E-state index < -0.39 is 12.0 Å². The van der Waals surface area contributed by atoms with Crippen LogP contribution in [0.25, 0.3) is 0 Å². The van der Waals surface area contributed by atoms with Crippen molar-refractivity contribution >= 4 is 17.7 Å². The zero-order valence-electron chi connectivity index (χ0n) is 11.7. The molecule has 0 unspecified atom stereocenters. The first-order valence-electron chi connectivity index (χ1n) is 6.65. The van der Waals surface area contributed by atoms with Gasteiger partial charge in [0, 0.05) is 24.8 Å². The lowest BCUT2D eigenvalue weighted by molar-refractivity contribution is 0.0692. The number of amides is 2. The number of carboxylic acid groups (broad SMARTS) is 1. The van der Waals surface area contributed by atoms with Gasteiger partial charge in [0.25, 0.3) is 0 Å². The molecule has 0 aromatic carbocycles. The number of aromatic carboxylic acids is 1. The van der Waals surface area contributed by atoms with Crippen LogP contribution in [-0.2, 0) is 0 Å². The minimum atomic E-state index is -1.10. The highest BCUT2D eigenvalue weighted by Gasteiger charge is 2.25. The highest BCUT2D eigenvalue weighted by Crippen LogP contribution is 2.24. The SMILES string of the molecule is Cc1cc(NC(=O)NCCN(C)C2CC2)c(C(=O)O)[nH]1. The van der Waals surface area contributed by atoms with Crippen LogP contribution in [0.3, 0.4) is 0 Å². The standard InChI is InChI=1S/C13H20N4O3/c1-8-7-10(11(15-8)12(18)19)16-13(20)14-5-6-17(2)9-3-4-9/h7,9,15H,3-6H2,1-2H3,(H,18,19)(H2,14,16,20). The fourth-order valence-corrected chi connectivity index (χ4v) is 2.07. The first-order chi connectivity index (χ1) is 9.47. The summed E-state index contributed by atoms with van der Waals surface area (Å²) in [6, 6.07) is 1.86. The second-order valence-electron chi connectivity index (χ2n) is 5.14. The number of H-pyrrole nitrogens is 1. The average molecular weight is 280 g/mol. The molecule has 0 radical (unpaired) electrons. The predicted octanol–water partition coefficient (Wildman–Crippen LogP) is 1.24. The number of nitrogens with one attached hydrogen (secondary N) is 3. The molecule has 0 atom stereocenters. The molecule has 2 rings (SSSR count). The minimum Gasteiger partial charge on any atom is -0.477 e. The second-order valence-corrected chi connectivity index (χ2v) is 5.14. The molecule has 4 N–H and O–H groups in total. The topological polar surface area (TPSA) is 97.5 Å². The van der Waals surface area contributed by atoms with E-state index in [0.29, 0.717) is 18.3 Å². The Morgan fingerprint density at radius 3 is 2.80 bits per heavy atom. The van der Waals surface area contributed by atoms with E-state index in [1.807, 2.05) is 7.05 Å². The molecule has 1 heterocycles. The summed E-state index contributed by atoms with van der Waals surface area (Å²) in [5, 5.41) is 14.3. The number of likely N-dealkylation sites (N-methyl/N-ethyl adjacent to an activating group) is 1. The van der Waals surface area contributed by atoms with Crippen LogP contribution in [0, 0.1) is 6.92 Å². The van der Waals surface area contributed by atoms with Crippen LogP contribution in [0.5, 0.6) is 0 Å². The zero-order valence-corrected chi connectivity index (χ0v) is 11.7. The van der Waals surface area contributed by atoms with Crippen molar-refractivity contribution in [3.05, 3.63) is 17.5 Å². The van der Waals surface area contributed by atoms with Crippen molar-refractivity contribution in [1.29, 1.82) is 0 Å². The van der Waals surface area contributed by atoms with Crippen molar-refractivity contribution in [1.82, 2.24) is 15.2 Å². The molecule has 1 saturated carbocycles. The lowest BCUT2D eigenvalue weighted by Crippen LogP contribution is -2.36. The Morgan fingerprint density at radius 1 is 1.50 bits per heavy atom. The van der Waals surface area contributed by atoms with Gasteiger partial charge in [-0.3, -0.25) is 0 Å². The van der Waals surface area contributed by atoms with E-state index in [9.17, 15) is 9.59 Å². The van der Waals surface area contributed by atoms with Gasteiger partial charge in [0.1, 0.15) is 5.69 Å². The number of nitrogens with zero attached hydrogens (tertiary/aromatic N) is 1. The summed E-state index contributed by atoms with van der Waals surface area (Å²) in [6.45, 7) is 3.06. The Labute approximate surface area is 117 Å². The van der Waals surface area contributed by atoms with E-state index in [2.05, 4.69) is 20.5 Å². The fourth-order valence-electron chi connectivity index (χ4n) is 2.07. The second kappa shape index (κ2) is 5.96. The molecule has 110 valence electrons. The minimum absolute atomic E-state index is 0.00671. The van der Waals surface area contributed by atoms with Crippen molar-refractivity contribution in [2.75, 3.05) is 25.5 Å². The Hall–Kier alpha value is -2.02. The van der Waals surface area contributed by atoms with Gasteiger partial charge in [-0.2, -0.15) is 0 Å².